The summed E-state index contributed by atoms with van der Waals surface area (Å²) in [6, 6.07) is 6.22. The Hall–Kier alpha value is -2.89. The maximum Gasteiger partial charge on any atom is 0.359 e. The van der Waals surface area contributed by atoms with E-state index in [0.717, 1.165) is 29.8 Å². The monoisotopic (exact) mass is 351 g/mol. The quantitative estimate of drug-likeness (QED) is 0.522. The van der Waals surface area contributed by atoms with Crippen LogP contribution in [0.4, 0.5) is 0 Å². The van der Waals surface area contributed by atoms with Crippen LogP contribution in [0.3, 0.4) is 0 Å². The van der Waals surface area contributed by atoms with Gasteiger partial charge in [-0.1, -0.05) is 0 Å². The first kappa shape index (κ1) is 16.6. The van der Waals surface area contributed by atoms with Crippen LogP contribution >= 0.6 is 0 Å². The highest BCUT2D eigenvalue weighted by molar-refractivity contribution is 6.00. The molecule has 0 unspecified atom stereocenters. The summed E-state index contributed by atoms with van der Waals surface area (Å²) < 4.78 is 9.18. The Labute approximate surface area is 151 Å². The van der Waals surface area contributed by atoms with Crippen LogP contribution < -0.4 is 0 Å². The minimum atomic E-state index is -0.587. The smallest absolute Gasteiger partial charge is 0.359 e. The van der Waals surface area contributed by atoms with Crippen molar-refractivity contribution < 1.29 is 14.3 Å². The number of esters is 1. The number of hydrogen-bond acceptors (Lipinski definition) is 4. The van der Waals surface area contributed by atoms with E-state index in [1.54, 1.807) is 10.6 Å². The molecule has 0 amide bonds. The largest absolute Gasteiger partial charge is 0.453 e. The van der Waals surface area contributed by atoms with E-state index in [9.17, 15) is 9.59 Å². The maximum absolute atomic E-state index is 12.5. The molecule has 1 aliphatic rings. The number of carbonyl (C=O) groups is 2. The SMILES string of the molecule is Cc1ccn2cc(C(=O)OCC(=O)c3cc(C)n(C4CC4)c3C)nc2c1. The molecule has 0 spiro atoms. The zero-order valence-corrected chi connectivity index (χ0v) is 15.2. The van der Waals surface area contributed by atoms with E-state index >= 15 is 0 Å². The molecule has 0 atom stereocenters. The van der Waals surface area contributed by atoms with Gasteiger partial charge in [0.25, 0.3) is 0 Å². The van der Waals surface area contributed by atoms with E-state index in [1.807, 2.05) is 45.2 Å². The second kappa shape index (κ2) is 6.12. The highest BCUT2D eigenvalue weighted by atomic mass is 16.5. The number of fused-ring (bicyclic) bond motifs is 1. The number of hydrogen-bond donors (Lipinski definition) is 0. The van der Waals surface area contributed by atoms with Gasteiger partial charge in [0.15, 0.2) is 12.3 Å². The number of rotatable bonds is 5. The van der Waals surface area contributed by atoms with Gasteiger partial charge in [-0.05, 0) is 57.4 Å². The third-order valence-corrected chi connectivity index (χ3v) is 4.86. The third kappa shape index (κ3) is 2.92. The first-order valence-corrected chi connectivity index (χ1v) is 8.78. The molecule has 4 rings (SSSR count). The lowest BCUT2D eigenvalue weighted by Gasteiger charge is -2.07. The number of ether oxygens (including phenoxy) is 1. The molecule has 3 aromatic rings. The van der Waals surface area contributed by atoms with Crippen molar-refractivity contribution in [3.05, 3.63) is 58.8 Å². The van der Waals surface area contributed by atoms with Crippen LogP contribution in [0.5, 0.6) is 0 Å². The molecule has 134 valence electrons. The molecule has 0 radical (unpaired) electrons. The lowest BCUT2D eigenvalue weighted by atomic mass is 10.1. The molecule has 1 saturated carbocycles. The van der Waals surface area contributed by atoms with Gasteiger partial charge in [-0.3, -0.25) is 4.79 Å². The maximum atomic E-state index is 12.5. The molecular weight excluding hydrogens is 330 g/mol. The van der Waals surface area contributed by atoms with Crippen LogP contribution in [0.2, 0.25) is 0 Å². The topological polar surface area (TPSA) is 65.6 Å². The fraction of sp³-hybridized carbons (Fsp3) is 0.350. The fourth-order valence-corrected chi connectivity index (χ4v) is 3.42. The molecular formula is C20H21N3O3. The zero-order chi connectivity index (χ0) is 18.4. The Kier molecular flexibility index (Phi) is 3.90. The van der Waals surface area contributed by atoms with E-state index < -0.39 is 5.97 Å². The molecule has 26 heavy (non-hydrogen) atoms. The number of nitrogens with zero attached hydrogens (tertiary/aromatic N) is 3. The molecule has 0 saturated heterocycles. The van der Waals surface area contributed by atoms with Gasteiger partial charge in [0.1, 0.15) is 5.65 Å². The summed E-state index contributed by atoms with van der Waals surface area (Å²) in [4.78, 5) is 29.0. The number of imidazole rings is 1. The summed E-state index contributed by atoms with van der Waals surface area (Å²) >= 11 is 0. The van der Waals surface area contributed by atoms with Crippen molar-refractivity contribution in [2.24, 2.45) is 0 Å². The van der Waals surface area contributed by atoms with E-state index in [2.05, 4.69) is 9.55 Å². The predicted octanol–water partition coefficient (Wildman–Crippen LogP) is 3.44. The van der Waals surface area contributed by atoms with Gasteiger partial charge in [-0.2, -0.15) is 0 Å². The van der Waals surface area contributed by atoms with Gasteiger partial charge in [0.2, 0.25) is 5.78 Å². The Morgan fingerprint density at radius 1 is 1.23 bits per heavy atom. The zero-order valence-electron chi connectivity index (χ0n) is 15.2. The van der Waals surface area contributed by atoms with Crippen molar-refractivity contribution in [2.45, 2.75) is 39.7 Å². The number of carbonyl (C=O) groups excluding carboxylic acids is 2. The summed E-state index contributed by atoms with van der Waals surface area (Å²) in [6.07, 6.45) is 5.77. The minimum absolute atomic E-state index is 0.182. The average molecular weight is 351 g/mol. The highest BCUT2D eigenvalue weighted by Gasteiger charge is 2.28. The molecule has 0 N–H and O–H groups in total. The van der Waals surface area contributed by atoms with Gasteiger partial charge in [-0.25, -0.2) is 9.78 Å². The summed E-state index contributed by atoms with van der Waals surface area (Å²) in [7, 11) is 0. The van der Waals surface area contributed by atoms with Crippen LogP contribution in [0.15, 0.2) is 30.6 Å². The predicted molar refractivity (Wildman–Crippen MR) is 96.7 cm³/mol. The number of ketones is 1. The fourth-order valence-electron chi connectivity index (χ4n) is 3.42. The second-order valence-corrected chi connectivity index (χ2v) is 6.98. The van der Waals surface area contributed by atoms with Gasteiger partial charge in [0.05, 0.1) is 0 Å². The lowest BCUT2D eigenvalue weighted by Crippen LogP contribution is -2.15. The molecule has 0 aromatic carbocycles. The molecule has 3 aromatic heterocycles. The Morgan fingerprint density at radius 2 is 2.00 bits per heavy atom. The normalized spacial score (nSPS) is 14.0. The summed E-state index contributed by atoms with van der Waals surface area (Å²) in [5, 5.41) is 0. The van der Waals surface area contributed by atoms with Crippen molar-refractivity contribution in [1.29, 1.82) is 0 Å². The first-order valence-electron chi connectivity index (χ1n) is 8.78. The van der Waals surface area contributed by atoms with Gasteiger partial charge < -0.3 is 13.7 Å². The van der Waals surface area contributed by atoms with E-state index in [0.29, 0.717) is 17.3 Å². The third-order valence-electron chi connectivity index (χ3n) is 4.86. The number of pyridine rings is 1. The van der Waals surface area contributed by atoms with E-state index in [1.165, 1.54) is 0 Å². The van der Waals surface area contributed by atoms with Gasteiger partial charge >= 0.3 is 5.97 Å². The van der Waals surface area contributed by atoms with Crippen LogP contribution in [-0.2, 0) is 4.74 Å². The van der Waals surface area contributed by atoms with E-state index in [4.69, 9.17) is 4.74 Å². The van der Waals surface area contributed by atoms with Crippen molar-refractivity contribution in [3.63, 3.8) is 0 Å². The lowest BCUT2D eigenvalue weighted by molar-refractivity contribution is 0.0469. The molecule has 6 nitrogen and oxygen atoms in total. The van der Waals surface area contributed by atoms with Crippen molar-refractivity contribution in [2.75, 3.05) is 6.61 Å². The Morgan fingerprint density at radius 3 is 2.73 bits per heavy atom. The van der Waals surface area contributed by atoms with E-state index in [-0.39, 0.29) is 18.1 Å². The van der Waals surface area contributed by atoms with Crippen molar-refractivity contribution in [3.8, 4) is 0 Å². The number of aryl methyl sites for hydroxylation is 2. The standard InChI is InChI=1S/C20H21N3O3/c1-12-6-7-22-10-17(21-19(22)8-12)20(25)26-11-18(24)16-9-13(2)23(14(16)3)15-4-5-15/h6-10,15H,4-5,11H2,1-3H3. The molecule has 1 fully saturated rings. The minimum Gasteiger partial charge on any atom is -0.453 e. The van der Waals surface area contributed by atoms with Crippen LogP contribution in [0.25, 0.3) is 5.65 Å². The van der Waals surface area contributed by atoms with Gasteiger partial charge in [0, 0.05) is 35.4 Å². The molecule has 0 bridgehead atoms. The van der Waals surface area contributed by atoms with Crippen molar-refractivity contribution in [1.82, 2.24) is 14.0 Å². The average Bonchev–Trinajstić information content (AvgIpc) is 3.27. The Bertz CT molecular complexity index is 1020. The van der Waals surface area contributed by atoms with Crippen LogP contribution in [-0.4, -0.2) is 32.3 Å². The second-order valence-electron chi connectivity index (χ2n) is 6.98. The van der Waals surface area contributed by atoms with Gasteiger partial charge in [-0.15, -0.1) is 0 Å². The first-order chi connectivity index (χ1) is 12.4. The molecule has 3 heterocycles. The molecule has 6 heteroatoms. The van der Waals surface area contributed by atoms with Crippen LogP contribution in [0, 0.1) is 20.8 Å². The summed E-state index contributed by atoms with van der Waals surface area (Å²) in [6.45, 7) is 5.64. The molecule has 1 aliphatic carbocycles. The number of aromatic nitrogens is 3. The summed E-state index contributed by atoms with van der Waals surface area (Å²) in [5.41, 5.74) is 4.60. The number of Topliss-reactive ketones (excluding diaryl/α,β-unsaturated/α-hetero) is 1. The highest BCUT2D eigenvalue weighted by Crippen LogP contribution is 2.38. The molecule has 0 aliphatic heterocycles. The van der Waals surface area contributed by atoms with Crippen molar-refractivity contribution >= 4 is 17.4 Å². The Balaban J connectivity index is 1.47. The summed E-state index contributed by atoms with van der Waals surface area (Å²) in [5.74, 6) is -0.770. The van der Waals surface area contributed by atoms with Crippen LogP contribution in [0.1, 0.15) is 56.7 Å².